The number of hydrogen-bond acceptors (Lipinski definition) is 7. The number of hydrogen-bond donors (Lipinski definition) is 1. The van der Waals surface area contributed by atoms with E-state index < -0.39 is 21.8 Å². The molecule has 8 nitrogen and oxygen atoms in total. The Morgan fingerprint density at radius 2 is 1.85 bits per heavy atom. The van der Waals surface area contributed by atoms with Gasteiger partial charge < -0.3 is 4.74 Å². The van der Waals surface area contributed by atoms with Gasteiger partial charge in [-0.2, -0.15) is 13.2 Å². The van der Waals surface area contributed by atoms with Gasteiger partial charge in [-0.15, -0.1) is 0 Å². The van der Waals surface area contributed by atoms with Crippen molar-refractivity contribution in [3.05, 3.63) is 71.3 Å². The monoisotopic (exact) mass is 595 g/mol. The van der Waals surface area contributed by atoms with Crippen molar-refractivity contribution in [3.8, 4) is 5.88 Å². The molecule has 40 heavy (non-hydrogen) atoms. The molecule has 3 atom stereocenters. The van der Waals surface area contributed by atoms with Crippen LogP contribution in [0.4, 0.5) is 19.0 Å². The average Bonchev–Trinajstić information content (AvgIpc) is 2.94. The molecular formula is C27H29ClF3N5O3S. The highest BCUT2D eigenvalue weighted by Crippen LogP contribution is 2.40. The van der Waals surface area contributed by atoms with Crippen molar-refractivity contribution < 1.29 is 26.3 Å². The SMILES string of the molecule is O=S(=O)(Nc1ccncn1)c1cnc(OC2CCC(c3cccc(C(F)(F)F)c3)CC2N2CCCCC2)c(Cl)c1. The Bertz CT molecular complexity index is 1420. The lowest BCUT2D eigenvalue weighted by atomic mass is 9.78. The molecular weight excluding hydrogens is 567 g/mol. The standard InChI is InChI=1S/C27H29ClF3N5O3S/c28-22-15-21(40(37,38)35-25-9-10-32-17-34-25)16-33-26(22)39-24-8-7-19(14-23(24)36-11-2-1-3-12-36)18-5-4-6-20(13-18)27(29,30)31/h4-6,9-10,13,15-17,19,23-24H,1-3,7-8,11-12,14H2,(H,32,34,35). The Kier molecular flexibility index (Phi) is 8.48. The normalized spacial score (nSPS) is 22.6. The molecule has 3 heterocycles. The maximum Gasteiger partial charge on any atom is 0.416 e. The fourth-order valence-corrected chi connectivity index (χ4v) is 6.75. The van der Waals surface area contributed by atoms with Crippen molar-refractivity contribution in [2.24, 2.45) is 0 Å². The second kappa shape index (κ2) is 11.9. The Morgan fingerprint density at radius 3 is 2.55 bits per heavy atom. The van der Waals surface area contributed by atoms with E-state index in [9.17, 15) is 21.6 Å². The van der Waals surface area contributed by atoms with E-state index in [1.54, 1.807) is 6.07 Å². The van der Waals surface area contributed by atoms with Gasteiger partial charge in [0, 0.05) is 12.2 Å². The summed E-state index contributed by atoms with van der Waals surface area (Å²) in [6, 6.07) is 8.23. The van der Waals surface area contributed by atoms with Crippen molar-refractivity contribution in [1.29, 1.82) is 0 Å². The van der Waals surface area contributed by atoms with Gasteiger partial charge in [-0.1, -0.05) is 36.2 Å². The predicted molar refractivity (Wildman–Crippen MR) is 144 cm³/mol. The molecule has 0 spiro atoms. The lowest BCUT2D eigenvalue weighted by Gasteiger charge is -2.44. The maximum absolute atomic E-state index is 13.4. The molecule has 13 heteroatoms. The fraction of sp³-hybridized carbons (Fsp3) is 0.444. The van der Waals surface area contributed by atoms with Crippen LogP contribution >= 0.6 is 11.6 Å². The zero-order valence-electron chi connectivity index (χ0n) is 21.5. The fourth-order valence-electron chi connectivity index (χ4n) is 5.49. The number of benzene rings is 1. The van der Waals surface area contributed by atoms with Gasteiger partial charge in [0.2, 0.25) is 5.88 Å². The number of alkyl halides is 3. The molecule has 5 rings (SSSR count). The van der Waals surface area contributed by atoms with E-state index in [0.29, 0.717) is 24.8 Å². The Labute approximate surface area is 236 Å². The molecule has 0 radical (unpaired) electrons. The maximum atomic E-state index is 13.4. The largest absolute Gasteiger partial charge is 0.472 e. The Hall–Kier alpha value is -2.96. The minimum atomic E-state index is -4.39. The molecule has 1 saturated carbocycles. The molecule has 1 saturated heterocycles. The first-order valence-corrected chi connectivity index (χ1v) is 15.0. The molecule has 0 amide bonds. The number of anilines is 1. The smallest absolute Gasteiger partial charge is 0.416 e. The van der Waals surface area contributed by atoms with Crippen LogP contribution in [0.3, 0.4) is 0 Å². The lowest BCUT2D eigenvalue weighted by Crippen LogP contribution is -2.51. The molecule has 1 aliphatic carbocycles. The summed E-state index contributed by atoms with van der Waals surface area (Å²) in [5.41, 5.74) is 0.0373. The van der Waals surface area contributed by atoms with E-state index in [2.05, 4.69) is 24.6 Å². The molecule has 1 N–H and O–H groups in total. The molecule has 2 fully saturated rings. The van der Waals surface area contributed by atoms with Crippen molar-refractivity contribution in [1.82, 2.24) is 19.9 Å². The van der Waals surface area contributed by atoms with Crippen LogP contribution in [0.1, 0.15) is 55.6 Å². The number of rotatable bonds is 7. The number of piperidine rings is 1. The van der Waals surface area contributed by atoms with Crippen molar-refractivity contribution in [2.75, 3.05) is 17.8 Å². The van der Waals surface area contributed by atoms with Gasteiger partial charge in [0.1, 0.15) is 28.2 Å². The van der Waals surface area contributed by atoms with E-state index in [-0.39, 0.29) is 39.7 Å². The number of likely N-dealkylation sites (tertiary alicyclic amines) is 1. The zero-order valence-corrected chi connectivity index (χ0v) is 23.1. The average molecular weight is 596 g/mol. The van der Waals surface area contributed by atoms with Crippen LogP contribution in [-0.4, -0.2) is 53.5 Å². The molecule has 1 aliphatic heterocycles. The molecule has 214 valence electrons. The van der Waals surface area contributed by atoms with Gasteiger partial charge in [-0.25, -0.2) is 23.4 Å². The molecule has 3 aromatic rings. The van der Waals surface area contributed by atoms with Gasteiger partial charge >= 0.3 is 6.18 Å². The molecule has 2 aliphatic rings. The predicted octanol–water partition coefficient (Wildman–Crippen LogP) is 5.91. The molecule has 1 aromatic carbocycles. The number of ether oxygens (including phenoxy) is 1. The van der Waals surface area contributed by atoms with E-state index >= 15 is 0 Å². The van der Waals surface area contributed by atoms with Crippen molar-refractivity contribution >= 4 is 27.4 Å². The van der Waals surface area contributed by atoms with Crippen molar-refractivity contribution in [2.45, 2.75) is 67.7 Å². The summed E-state index contributed by atoms with van der Waals surface area (Å²) in [6.07, 6.45) is 4.21. The number of pyridine rings is 1. The number of halogens is 4. The van der Waals surface area contributed by atoms with Gasteiger partial charge in [-0.3, -0.25) is 9.62 Å². The molecule has 3 unspecified atom stereocenters. The summed E-state index contributed by atoms with van der Waals surface area (Å²) >= 11 is 6.45. The van der Waals surface area contributed by atoms with Crippen LogP contribution in [0, 0.1) is 0 Å². The Morgan fingerprint density at radius 1 is 1.05 bits per heavy atom. The second-order valence-electron chi connectivity index (χ2n) is 10.1. The highest BCUT2D eigenvalue weighted by Gasteiger charge is 2.38. The summed E-state index contributed by atoms with van der Waals surface area (Å²) in [7, 11) is -4.00. The minimum absolute atomic E-state index is 0.0436. The third kappa shape index (κ3) is 6.67. The number of aromatic nitrogens is 3. The van der Waals surface area contributed by atoms with E-state index in [1.165, 1.54) is 43.0 Å². The summed E-state index contributed by atoms with van der Waals surface area (Å²) in [4.78, 5) is 14.1. The van der Waals surface area contributed by atoms with Crippen LogP contribution in [0.2, 0.25) is 5.02 Å². The van der Waals surface area contributed by atoms with Crippen LogP contribution < -0.4 is 9.46 Å². The quantitative estimate of drug-likeness (QED) is 0.362. The number of nitrogens with zero attached hydrogens (tertiary/aromatic N) is 4. The number of nitrogens with one attached hydrogen (secondary N) is 1. The van der Waals surface area contributed by atoms with E-state index in [4.69, 9.17) is 16.3 Å². The van der Waals surface area contributed by atoms with Gasteiger partial charge in [0.25, 0.3) is 10.0 Å². The topological polar surface area (TPSA) is 97.3 Å². The first-order chi connectivity index (χ1) is 19.1. The summed E-state index contributed by atoms with van der Waals surface area (Å²) < 4.78 is 74.3. The number of sulfonamides is 1. The van der Waals surface area contributed by atoms with Crippen LogP contribution in [0.15, 0.2) is 60.0 Å². The van der Waals surface area contributed by atoms with Crippen LogP contribution in [0.25, 0.3) is 0 Å². The summed E-state index contributed by atoms with van der Waals surface area (Å²) in [5.74, 6) is 0.179. The van der Waals surface area contributed by atoms with Crippen LogP contribution in [0.5, 0.6) is 5.88 Å². The Balaban J connectivity index is 1.34. The lowest BCUT2D eigenvalue weighted by molar-refractivity contribution is -0.137. The summed E-state index contributed by atoms with van der Waals surface area (Å²) in [5, 5.41) is 0.0444. The van der Waals surface area contributed by atoms with E-state index in [0.717, 1.165) is 38.4 Å². The zero-order chi connectivity index (χ0) is 28.3. The van der Waals surface area contributed by atoms with Crippen molar-refractivity contribution in [3.63, 3.8) is 0 Å². The van der Waals surface area contributed by atoms with Gasteiger partial charge in [0.05, 0.1) is 11.8 Å². The van der Waals surface area contributed by atoms with Gasteiger partial charge in [0.15, 0.2) is 0 Å². The highest BCUT2D eigenvalue weighted by molar-refractivity contribution is 7.92. The minimum Gasteiger partial charge on any atom is -0.472 e. The first-order valence-electron chi connectivity index (χ1n) is 13.1. The van der Waals surface area contributed by atoms with E-state index in [1.807, 2.05) is 0 Å². The summed E-state index contributed by atoms with van der Waals surface area (Å²) in [6.45, 7) is 1.76. The first kappa shape index (κ1) is 28.6. The highest BCUT2D eigenvalue weighted by atomic mass is 35.5. The van der Waals surface area contributed by atoms with Gasteiger partial charge in [-0.05, 0) is 74.9 Å². The molecule has 2 aromatic heterocycles. The van der Waals surface area contributed by atoms with Crippen LogP contribution in [-0.2, 0) is 16.2 Å². The second-order valence-corrected chi connectivity index (χ2v) is 12.2. The third-order valence-corrected chi connectivity index (χ3v) is 9.07. The third-order valence-electron chi connectivity index (χ3n) is 7.48. The molecule has 0 bridgehead atoms.